The molecule has 0 fully saturated rings. The fourth-order valence-corrected chi connectivity index (χ4v) is 2.60. The van der Waals surface area contributed by atoms with Crippen molar-refractivity contribution in [1.29, 1.82) is 0 Å². The maximum absolute atomic E-state index is 4.70. The highest BCUT2D eigenvalue weighted by atomic mass is 32.1. The minimum atomic E-state index is -0.155. The number of hydrogen-bond acceptors (Lipinski definition) is 1. The molecule has 0 aliphatic rings. The van der Waals surface area contributed by atoms with Gasteiger partial charge in [0.1, 0.15) is 0 Å². The Morgan fingerprint density at radius 2 is 1.12 bits per heavy atom. The molecule has 0 aliphatic heterocycles. The Bertz CT molecular complexity index is 421. The lowest BCUT2D eigenvalue weighted by atomic mass is 10.1. The summed E-state index contributed by atoms with van der Waals surface area (Å²) in [6.07, 6.45) is 34.4. The van der Waals surface area contributed by atoms with Crippen LogP contribution in [0.4, 0.5) is 0 Å². The number of thiol groups is 1. The van der Waals surface area contributed by atoms with Crippen LogP contribution < -0.4 is 0 Å². The minimum absolute atomic E-state index is 0.155. The molecule has 0 heterocycles. The Hall–Kier alpha value is -0.950. The van der Waals surface area contributed by atoms with Crippen molar-refractivity contribution in [2.24, 2.45) is 0 Å². The zero-order valence-corrected chi connectivity index (χ0v) is 17.7. The second kappa shape index (κ2) is 17.9. The predicted octanol–water partition coefficient (Wildman–Crippen LogP) is 8.40. The van der Waals surface area contributed by atoms with Gasteiger partial charge in [0.25, 0.3) is 0 Å². The summed E-state index contributed by atoms with van der Waals surface area (Å²) in [5.74, 6) is 0. The quantitative estimate of drug-likeness (QED) is 0.169. The third kappa shape index (κ3) is 19.2. The summed E-state index contributed by atoms with van der Waals surface area (Å²) in [5.41, 5.74) is 0. The van der Waals surface area contributed by atoms with Gasteiger partial charge in [0.2, 0.25) is 0 Å². The van der Waals surface area contributed by atoms with E-state index >= 15 is 0 Å². The minimum Gasteiger partial charge on any atom is -0.164 e. The fourth-order valence-electron chi connectivity index (χ4n) is 2.38. The van der Waals surface area contributed by atoms with Crippen molar-refractivity contribution >= 4 is 12.6 Å². The molecule has 25 heavy (non-hydrogen) atoms. The van der Waals surface area contributed by atoms with Crippen LogP contribution in [0.5, 0.6) is 0 Å². The maximum atomic E-state index is 4.70. The average molecular weight is 361 g/mol. The molecule has 0 nitrogen and oxygen atoms in total. The summed E-state index contributed by atoms with van der Waals surface area (Å²) < 4.78 is -0.155. The van der Waals surface area contributed by atoms with E-state index in [1.54, 1.807) is 0 Å². The van der Waals surface area contributed by atoms with Crippen LogP contribution in [-0.4, -0.2) is 4.75 Å². The number of allylic oxidation sites excluding steroid dienone is 8. The van der Waals surface area contributed by atoms with E-state index in [4.69, 9.17) is 12.6 Å². The molecule has 0 saturated heterocycles. The highest BCUT2D eigenvalue weighted by Crippen LogP contribution is 2.18. The van der Waals surface area contributed by atoms with Crippen molar-refractivity contribution in [2.45, 2.75) is 89.7 Å². The molecule has 142 valence electrons. The molecular formula is C24H40S. The van der Waals surface area contributed by atoms with Crippen LogP contribution >= 0.6 is 12.6 Å². The van der Waals surface area contributed by atoms with Crippen LogP contribution in [0.3, 0.4) is 0 Å². The van der Waals surface area contributed by atoms with Gasteiger partial charge in [0.15, 0.2) is 0 Å². The second-order valence-electron chi connectivity index (χ2n) is 6.75. The molecule has 1 heteroatoms. The lowest BCUT2D eigenvalue weighted by molar-refractivity contribution is 0.755. The Kier molecular flexibility index (Phi) is 17.2. The standard InChI is InChI=1S/C24H40S/c1-4-6-8-10-11-12-13-14-15-16-17-19-21-23-24(3,25)22-20-18-9-7-5-2/h7,9-11,16-17,20-23,25H,4-6,8,12-15,18-19H2,1-3H3/b9-7-,11-10?,17-16-,22-20-,23-21-/t24-/m0/s1. The molecule has 0 spiro atoms. The van der Waals surface area contributed by atoms with Gasteiger partial charge in [-0.1, -0.05) is 87.4 Å². The second-order valence-corrected chi connectivity index (χ2v) is 7.71. The third-order valence-corrected chi connectivity index (χ3v) is 4.20. The summed E-state index contributed by atoms with van der Waals surface area (Å²) in [6, 6.07) is 0. The molecule has 0 amide bonds. The van der Waals surface area contributed by atoms with Gasteiger partial charge in [-0.15, -0.1) is 0 Å². The van der Waals surface area contributed by atoms with E-state index in [9.17, 15) is 0 Å². The molecule has 0 unspecified atom stereocenters. The highest BCUT2D eigenvalue weighted by Gasteiger charge is 2.08. The van der Waals surface area contributed by atoms with Crippen molar-refractivity contribution in [2.75, 3.05) is 0 Å². The van der Waals surface area contributed by atoms with Crippen LogP contribution in [0.1, 0.15) is 85.0 Å². The summed E-state index contributed by atoms with van der Waals surface area (Å²) in [7, 11) is 0. The van der Waals surface area contributed by atoms with Gasteiger partial charge in [0, 0.05) is 4.75 Å². The first-order chi connectivity index (χ1) is 12.1. The van der Waals surface area contributed by atoms with Crippen LogP contribution in [0, 0.1) is 0 Å². The SMILES string of the molecule is CC/C=C\C/C=C\[C@](C)(S)/C=C\C/C=C\CCCCC=CCCCC. The summed E-state index contributed by atoms with van der Waals surface area (Å²) in [4.78, 5) is 0. The van der Waals surface area contributed by atoms with E-state index in [-0.39, 0.29) is 4.75 Å². The predicted molar refractivity (Wildman–Crippen MR) is 121 cm³/mol. The molecule has 1 atom stereocenters. The molecule has 0 N–H and O–H groups in total. The van der Waals surface area contributed by atoms with Crippen LogP contribution in [0.15, 0.2) is 60.8 Å². The zero-order valence-electron chi connectivity index (χ0n) is 16.8. The summed E-state index contributed by atoms with van der Waals surface area (Å²) in [5, 5.41) is 0. The van der Waals surface area contributed by atoms with Crippen molar-refractivity contribution in [3.8, 4) is 0 Å². The van der Waals surface area contributed by atoms with E-state index in [2.05, 4.69) is 81.5 Å². The molecule has 0 aromatic heterocycles. The lowest BCUT2D eigenvalue weighted by Gasteiger charge is -2.12. The van der Waals surface area contributed by atoms with Crippen molar-refractivity contribution in [1.82, 2.24) is 0 Å². The van der Waals surface area contributed by atoms with Crippen LogP contribution in [-0.2, 0) is 0 Å². The molecule has 0 radical (unpaired) electrons. The fraction of sp³-hybridized carbons (Fsp3) is 0.583. The van der Waals surface area contributed by atoms with Gasteiger partial charge in [-0.2, -0.15) is 12.6 Å². The first kappa shape index (κ1) is 24.1. The van der Waals surface area contributed by atoms with E-state index in [1.165, 1.54) is 44.9 Å². The summed E-state index contributed by atoms with van der Waals surface area (Å²) >= 11 is 4.70. The molecule has 0 saturated carbocycles. The Morgan fingerprint density at radius 1 is 0.640 bits per heavy atom. The molecule has 0 aliphatic carbocycles. The van der Waals surface area contributed by atoms with Gasteiger partial charge in [-0.25, -0.2) is 0 Å². The molecule has 0 aromatic rings. The number of unbranched alkanes of at least 4 members (excludes halogenated alkanes) is 5. The first-order valence-electron chi connectivity index (χ1n) is 10.1. The third-order valence-electron chi connectivity index (χ3n) is 3.91. The normalized spacial score (nSPS) is 15.5. The van der Waals surface area contributed by atoms with E-state index in [0.29, 0.717) is 0 Å². The Balaban J connectivity index is 3.72. The van der Waals surface area contributed by atoms with Crippen molar-refractivity contribution in [3.05, 3.63) is 60.8 Å². The van der Waals surface area contributed by atoms with Gasteiger partial charge in [0.05, 0.1) is 0 Å². The Morgan fingerprint density at radius 3 is 1.64 bits per heavy atom. The molecule has 0 rings (SSSR count). The zero-order chi connectivity index (χ0) is 18.6. The van der Waals surface area contributed by atoms with E-state index < -0.39 is 0 Å². The van der Waals surface area contributed by atoms with Crippen molar-refractivity contribution in [3.63, 3.8) is 0 Å². The van der Waals surface area contributed by atoms with Gasteiger partial charge in [-0.05, 0) is 58.3 Å². The van der Waals surface area contributed by atoms with Gasteiger partial charge >= 0.3 is 0 Å². The largest absolute Gasteiger partial charge is 0.164 e. The van der Waals surface area contributed by atoms with Crippen molar-refractivity contribution < 1.29 is 0 Å². The summed E-state index contributed by atoms with van der Waals surface area (Å²) in [6.45, 7) is 6.53. The monoisotopic (exact) mass is 360 g/mol. The van der Waals surface area contributed by atoms with Gasteiger partial charge < -0.3 is 0 Å². The van der Waals surface area contributed by atoms with E-state index in [1.807, 2.05) is 0 Å². The van der Waals surface area contributed by atoms with Crippen LogP contribution in [0.2, 0.25) is 0 Å². The maximum Gasteiger partial charge on any atom is 0.0460 e. The Labute approximate surface area is 163 Å². The number of rotatable bonds is 15. The average Bonchev–Trinajstić information content (AvgIpc) is 2.58. The first-order valence-corrected chi connectivity index (χ1v) is 10.6. The van der Waals surface area contributed by atoms with Crippen LogP contribution in [0.25, 0.3) is 0 Å². The van der Waals surface area contributed by atoms with E-state index in [0.717, 1.165) is 19.3 Å². The molecule has 0 bridgehead atoms. The lowest BCUT2D eigenvalue weighted by Crippen LogP contribution is -2.07. The topological polar surface area (TPSA) is 0 Å². The number of hydrogen-bond donors (Lipinski definition) is 1. The van der Waals surface area contributed by atoms with Gasteiger partial charge in [-0.3, -0.25) is 0 Å². The highest BCUT2D eigenvalue weighted by molar-refractivity contribution is 7.82. The smallest absolute Gasteiger partial charge is 0.0460 e. The molecule has 0 aromatic carbocycles. The molecular weight excluding hydrogens is 320 g/mol.